The van der Waals surface area contributed by atoms with Crippen LogP contribution < -0.4 is 5.32 Å². The van der Waals surface area contributed by atoms with Crippen molar-refractivity contribution in [1.29, 1.82) is 0 Å². The number of guanidine groups is 1. The van der Waals surface area contributed by atoms with Crippen LogP contribution >= 0.6 is 24.0 Å². The van der Waals surface area contributed by atoms with Crippen LogP contribution in [0.2, 0.25) is 0 Å². The molecule has 0 unspecified atom stereocenters. The van der Waals surface area contributed by atoms with E-state index in [2.05, 4.69) is 43.1 Å². The Bertz CT molecular complexity index is 362. The van der Waals surface area contributed by atoms with E-state index < -0.39 is 0 Å². The highest BCUT2D eigenvalue weighted by atomic mass is 127. The van der Waals surface area contributed by atoms with Gasteiger partial charge in [-0.15, -0.1) is 24.0 Å². The maximum absolute atomic E-state index is 5.56. The van der Waals surface area contributed by atoms with Gasteiger partial charge in [-0.2, -0.15) is 0 Å². The summed E-state index contributed by atoms with van der Waals surface area (Å²) >= 11 is 0. The van der Waals surface area contributed by atoms with Gasteiger partial charge in [-0.25, -0.2) is 0 Å². The van der Waals surface area contributed by atoms with Crippen LogP contribution in [-0.4, -0.2) is 74.8 Å². The van der Waals surface area contributed by atoms with Gasteiger partial charge in [0.1, 0.15) is 0 Å². The average Bonchev–Trinajstić information content (AvgIpc) is 2.53. The first kappa shape index (κ1) is 21.0. The lowest BCUT2D eigenvalue weighted by atomic mass is 9.89. The minimum Gasteiger partial charge on any atom is -0.381 e. The second kappa shape index (κ2) is 10.0. The van der Waals surface area contributed by atoms with Crippen molar-refractivity contribution in [3.63, 3.8) is 0 Å². The van der Waals surface area contributed by atoms with E-state index in [0.717, 1.165) is 64.1 Å². The first-order chi connectivity index (χ1) is 10.6. The molecule has 0 aromatic rings. The highest BCUT2D eigenvalue weighted by molar-refractivity contribution is 14.0. The van der Waals surface area contributed by atoms with Crippen LogP contribution in [0, 0.1) is 5.92 Å². The van der Waals surface area contributed by atoms with E-state index in [0.29, 0.717) is 0 Å². The minimum atomic E-state index is 0. The largest absolute Gasteiger partial charge is 0.381 e. The molecule has 136 valence electrons. The number of hydrogen-bond acceptors (Lipinski definition) is 3. The van der Waals surface area contributed by atoms with Gasteiger partial charge in [-0.1, -0.05) is 6.92 Å². The van der Waals surface area contributed by atoms with Gasteiger partial charge in [0.05, 0.1) is 6.54 Å². The molecule has 0 atom stereocenters. The molecule has 1 N–H and O–H groups in total. The van der Waals surface area contributed by atoms with Crippen LogP contribution in [0.25, 0.3) is 0 Å². The molecule has 0 aromatic carbocycles. The second-order valence-electron chi connectivity index (χ2n) is 7.07. The molecule has 0 radical (unpaired) electrons. The summed E-state index contributed by atoms with van der Waals surface area (Å²) in [6.07, 6.45) is 4.69. The maximum atomic E-state index is 5.56. The molecule has 0 bridgehead atoms. The molecule has 5 nitrogen and oxygen atoms in total. The molecule has 23 heavy (non-hydrogen) atoms. The molecule has 2 fully saturated rings. The van der Waals surface area contributed by atoms with E-state index >= 15 is 0 Å². The fraction of sp³-hybridized carbons (Fsp3) is 0.941. The van der Waals surface area contributed by atoms with Crippen molar-refractivity contribution < 1.29 is 4.74 Å². The number of likely N-dealkylation sites (tertiary alicyclic amines) is 1. The van der Waals surface area contributed by atoms with Crippen LogP contribution in [0.5, 0.6) is 0 Å². The Balaban J connectivity index is 0.00000264. The number of nitrogens with one attached hydrogen (secondary N) is 1. The van der Waals surface area contributed by atoms with Gasteiger partial charge in [-0.3, -0.25) is 4.99 Å². The summed E-state index contributed by atoms with van der Waals surface area (Å²) in [5.74, 6) is 1.95. The van der Waals surface area contributed by atoms with Crippen LogP contribution in [0.15, 0.2) is 4.99 Å². The molecule has 2 rings (SSSR count). The first-order valence-corrected chi connectivity index (χ1v) is 8.86. The molecular formula is C17H35IN4O. The van der Waals surface area contributed by atoms with E-state index in [-0.39, 0.29) is 29.5 Å². The third-order valence-electron chi connectivity index (χ3n) is 5.31. The third kappa shape index (κ3) is 5.74. The highest BCUT2D eigenvalue weighted by Gasteiger charge is 2.35. The van der Waals surface area contributed by atoms with Crippen LogP contribution in [0.1, 0.15) is 39.5 Å². The van der Waals surface area contributed by atoms with Gasteiger partial charge in [-0.05, 0) is 52.6 Å². The normalized spacial score (nSPS) is 22.8. The number of halogens is 1. The monoisotopic (exact) mass is 438 g/mol. The molecular weight excluding hydrogens is 403 g/mol. The second-order valence-corrected chi connectivity index (χ2v) is 7.07. The van der Waals surface area contributed by atoms with Gasteiger partial charge in [0.2, 0.25) is 0 Å². The van der Waals surface area contributed by atoms with Gasteiger partial charge in [0, 0.05) is 38.4 Å². The summed E-state index contributed by atoms with van der Waals surface area (Å²) in [5, 5.41) is 3.49. The van der Waals surface area contributed by atoms with Crippen LogP contribution in [-0.2, 0) is 4.74 Å². The molecule has 0 saturated carbocycles. The van der Waals surface area contributed by atoms with Gasteiger partial charge < -0.3 is 19.9 Å². The summed E-state index contributed by atoms with van der Waals surface area (Å²) in [4.78, 5) is 9.80. The van der Waals surface area contributed by atoms with Crippen molar-refractivity contribution in [1.82, 2.24) is 15.1 Å². The van der Waals surface area contributed by atoms with E-state index in [1.165, 1.54) is 12.8 Å². The Labute approximate surface area is 159 Å². The van der Waals surface area contributed by atoms with E-state index in [1.807, 2.05) is 0 Å². The third-order valence-corrected chi connectivity index (χ3v) is 5.31. The zero-order valence-corrected chi connectivity index (χ0v) is 17.6. The maximum Gasteiger partial charge on any atom is 0.193 e. The lowest BCUT2D eigenvalue weighted by Gasteiger charge is -2.42. The van der Waals surface area contributed by atoms with Crippen molar-refractivity contribution in [3.8, 4) is 0 Å². The van der Waals surface area contributed by atoms with E-state index in [4.69, 9.17) is 9.73 Å². The van der Waals surface area contributed by atoms with Crippen LogP contribution in [0.3, 0.4) is 0 Å². The predicted octanol–water partition coefficient (Wildman–Crippen LogP) is 2.41. The zero-order chi connectivity index (χ0) is 16.0. The fourth-order valence-electron chi connectivity index (χ4n) is 3.37. The summed E-state index contributed by atoms with van der Waals surface area (Å²) in [5.41, 5.74) is 0.155. The number of likely N-dealkylation sites (N-methyl/N-ethyl adjacent to an activating group) is 1. The Kier molecular flexibility index (Phi) is 9.15. The van der Waals surface area contributed by atoms with Crippen molar-refractivity contribution >= 4 is 29.9 Å². The molecule has 2 heterocycles. The minimum absolute atomic E-state index is 0. The molecule has 0 aliphatic carbocycles. The van der Waals surface area contributed by atoms with Gasteiger partial charge >= 0.3 is 0 Å². The molecule has 2 aliphatic rings. The molecule has 6 heteroatoms. The molecule has 0 spiro atoms. The van der Waals surface area contributed by atoms with E-state index in [9.17, 15) is 0 Å². The molecule has 0 aromatic heterocycles. The number of ether oxygens (including phenoxy) is 1. The Morgan fingerprint density at radius 3 is 2.39 bits per heavy atom. The Morgan fingerprint density at radius 2 is 1.87 bits per heavy atom. The molecule has 0 amide bonds. The quantitative estimate of drug-likeness (QED) is 0.416. The fourth-order valence-corrected chi connectivity index (χ4v) is 3.37. The summed E-state index contributed by atoms with van der Waals surface area (Å²) < 4.78 is 5.56. The summed E-state index contributed by atoms with van der Waals surface area (Å²) in [7, 11) is 4.35. The SMILES string of the molecule is CCNC(=NCC1(N(C)C)CCOCC1)N1CCC(C)CC1.I. The number of piperidine rings is 1. The standard InChI is InChI=1S/C17H34N4O.HI/c1-5-18-16(21-10-6-15(2)7-11-21)19-14-17(20(3)4)8-12-22-13-9-17;/h15H,5-14H2,1-4H3,(H,18,19);1H. The van der Waals surface area contributed by atoms with Crippen molar-refractivity contribution in [3.05, 3.63) is 0 Å². The zero-order valence-electron chi connectivity index (χ0n) is 15.3. The van der Waals surface area contributed by atoms with E-state index in [1.54, 1.807) is 0 Å². The number of hydrogen-bond donors (Lipinski definition) is 1. The predicted molar refractivity (Wildman–Crippen MR) is 108 cm³/mol. The lowest BCUT2D eigenvalue weighted by Crippen LogP contribution is -2.52. The van der Waals surface area contributed by atoms with Crippen molar-refractivity contribution in [2.24, 2.45) is 10.9 Å². The number of nitrogens with zero attached hydrogens (tertiary/aromatic N) is 3. The number of rotatable bonds is 4. The topological polar surface area (TPSA) is 40.1 Å². The smallest absolute Gasteiger partial charge is 0.193 e. The van der Waals surface area contributed by atoms with Gasteiger partial charge in [0.15, 0.2) is 5.96 Å². The van der Waals surface area contributed by atoms with Crippen LogP contribution in [0.4, 0.5) is 0 Å². The highest BCUT2D eigenvalue weighted by Crippen LogP contribution is 2.26. The Hall–Kier alpha value is -0.0800. The number of aliphatic imine (C=N–C) groups is 1. The van der Waals surface area contributed by atoms with Crippen molar-refractivity contribution in [2.75, 3.05) is 53.5 Å². The first-order valence-electron chi connectivity index (χ1n) is 8.86. The van der Waals surface area contributed by atoms with Gasteiger partial charge in [0.25, 0.3) is 0 Å². The summed E-state index contributed by atoms with van der Waals surface area (Å²) in [6, 6.07) is 0. The van der Waals surface area contributed by atoms with Crippen molar-refractivity contribution in [2.45, 2.75) is 45.1 Å². The lowest BCUT2D eigenvalue weighted by molar-refractivity contribution is -0.00266. The summed E-state index contributed by atoms with van der Waals surface area (Å²) in [6.45, 7) is 10.3. The molecule has 2 saturated heterocycles. The average molecular weight is 438 g/mol. The Morgan fingerprint density at radius 1 is 1.26 bits per heavy atom. The molecule has 2 aliphatic heterocycles.